The number of nitrogens with zero attached hydrogens (tertiary/aromatic N) is 1. The minimum absolute atomic E-state index is 1.26. The molecule has 0 spiro atoms. The average molecular weight is 137 g/mol. The third kappa shape index (κ3) is 3.96. The average Bonchev–Trinajstić information content (AvgIpc) is 1.99. The lowest BCUT2D eigenvalue weighted by Gasteiger charge is -2.04. The highest BCUT2D eigenvalue weighted by Crippen LogP contribution is 1.94. The Morgan fingerprint density at radius 2 is 2.10 bits per heavy atom. The van der Waals surface area contributed by atoms with Crippen LogP contribution in [0.4, 0.5) is 0 Å². The quantitative estimate of drug-likeness (QED) is 0.540. The maximum Gasteiger partial charge on any atom is 0.0106 e. The van der Waals surface area contributed by atoms with Gasteiger partial charge in [-0.25, -0.2) is 0 Å². The second-order valence-electron chi connectivity index (χ2n) is 2.20. The molecule has 0 amide bonds. The summed E-state index contributed by atoms with van der Waals surface area (Å²) in [6, 6.07) is 0. The van der Waals surface area contributed by atoms with Crippen molar-refractivity contribution in [3.8, 4) is 0 Å². The second-order valence-corrected chi connectivity index (χ2v) is 2.20. The summed E-state index contributed by atoms with van der Waals surface area (Å²) in [5.41, 5.74) is 1.26. The molecule has 10 heavy (non-hydrogen) atoms. The van der Waals surface area contributed by atoms with E-state index >= 15 is 0 Å². The number of rotatable bonds is 3. The predicted octanol–water partition coefficient (Wildman–Crippen LogP) is 2.54. The van der Waals surface area contributed by atoms with E-state index in [-0.39, 0.29) is 0 Å². The van der Waals surface area contributed by atoms with Crippen LogP contribution in [0.2, 0.25) is 0 Å². The first-order chi connectivity index (χ1) is 4.70. The predicted molar refractivity (Wildman–Crippen MR) is 46.5 cm³/mol. The van der Waals surface area contributed by atoms with Crippen LogP contribution in [0.25, 0.3) is 0 Å². The number of hydrogen-bond acceptors (Lipinski definition) is 1. The molecule has 0 heterocycles. The van der Waals surface area contributed by atoms with Crippen molar-refractivity contribution >= 4 is 0 Å². The number of hydrogen-bond donors (Lipinski definition) is 0. The lowest BCUT2D eigenvalue weighted by atomic mass is 10.3. The Kier molecular flexibility index (Phi) is 4.38. The van der Waals surface area contributed by atoms with E-state index in [2.05, 4.69) is 19.6 Å². The van der Waals surface area contributed by atoms with Gasteiger partial charge in [0.1, 0.15) is 0 Å². The van der Waals surface area contributed by atoms with E-state index < -0.39 is 0 Å². The Morgan fingerprint density at radius 3 is 2.50 bits per heavy atom. The zero-order valence-electron chi connectivity index (χ0n) is 6.96. The summed E-state index contributed by atoms with van der Waals surface area (Å²) in [6.07, 6.45) is 7.84. The van der Waals surface area contributed by atoms with Gasteiger partial charge in [-0.2, -0.15) is 0 Å². The van der Waals surface area contributed by atoms with Gasteiger partial charge in [-0.3, -0.25) is 0 Å². The van der Waals surface area contributed by atoms with Crippen LogP contribution in [-0.4, -0.2) is 11.9 Å². The van der Waals surface area contributed by atoms with E-state index in [1.807, 2.05) is 31.1 Å². The molecule has 0 bridgehead atoms. The zero-order valence-corrected chi connectivity index (χ0v) is 6.96. The van der Waals surface area contributed by atoms with Crippen LogP contribution < -0.4 is 0 Å². The lowest BCUT2D eigenvalue weighted by Crippen LogP contribution is -1.97. The summed E-state index contributed by atoms with van der Waals surface area (Å²) in [6.45, 7) is 7.70. The molecule has 1 heteroatoms. The van der Waals surface area contributed by atoms with E-state index in [9.17, 15) is 0 Å². The van der Waals surface area contributed by atoms with Gasteiger partial charge in [0.15, 0.2) is 0 Å². The summed E-state index contributed by atoms with van der Waals surface area (Å²) < 4.78 is 0. The molecule has 56 valence electrons. The summed E-state index contributed by atoms with van der Waals surface area (Å²) in [5.74, 6) is 0. The SMILES string of the molecule is C=CN(C)/C=C\C(C)=C/C. The molecule has 0 rings (SSSR count). The van der Waals surface area contributed by atoms with Gasteiger partial charge in [0.05, 0.1) is 0 Å². The van der Waals surface area contributed by atoms with Gasteiger partial charge < -0.3 is 4.90 Å². The van der Waals surface area contributed by atoms with Gasteiger partial charge in [0.2, 0.25) is 0 Å². The monoisotopic (exact) mass is 137 g/mol. The molecule has 0 aromatic carbocycles. The van der Waals surface area contributed by atoms with Crippen LogP contribution in [0.1, 0.15) is 13.8 Å². The Bertz CT molecular complexity index is 154. The Labute approximate surface area is 63.3 Å². The molecule has 0 aliphatic carbocycles. The smallest absolute Gasteiger partial charge is 0.0106 e. The van der Waals surface area contributed by atoms with E-state index in [1.165, 1.54) is 5.57 Å². The van der Waals surface area contributed by atoms with E-state index in [0.29, 0.717) is 0 Å². The third-order valence-electron chi connectivity index (χ3n) is 1.32. The Hall–Kier alpha value is -0.980. The van der Waals surface area contributed by atoms with Crippen molar-refractivity contribution in [1.29, 1.82) is 0 Å². The summed E-state index contributed by atoms with van der Waals surface area (Å²) in [5, 5.41) is 0. The fraction of sp³-hybridized carbons (Fsp3) is 0.333. The maximum absolute atomic E-state index is 3.62. The highest BCUT2D eigenvalue weighted by molar-refractivity contribution is 5.14. The molecule has 0 saturated heterocycles. The highest BCUT2D eigenvalue weighted by Gasteiger charge is 1.79. The standard InChI is InChI=1S/C9H15N/c1-5-9(3)7-8-10(4)6-2/h5-8H,2H2,1,3-4H3/b8-7-,9-5-. The lowest BCUT2D eigenvalue weighted by molar-refractivity contribution is 0.628. The molecule has 0 saturated carbocycles. The van der Waals surface area contributed by atoms with Gasteiger partial charge >= 0.3 is 0 Å². The first kappa shape index (κ1) is 9.02. The van der Waals surface area contributed by atoms with Gasteiger partial charge in [0.25, 0.3) is 0 Å². The maximum atomic E-state index is 3.62. The van der Waals surface area contributed by atoms with E-state index in [0.717, 1.165) is 0 Å². The molecular weight excluding hydrogens is 122 g/mol. The normalized spacial score (nSPS) is 12.1. The summed E-state index contributed by atoms with van der Waals surface area (Å²) in [4.78, 5) is 1.91. The molecule has 1 nitrogen and oxygen atoms in total. The fourth-order valence-electron chi connectivity index (χ4n) is 0.392. The fourth-order valence-corrected chi connectivity index (χ4v) is 0.392. The summed E-state index contributed by atoms with van der Waals surface area (Å²) >= 11 is 0. The van der Waals surface area contributed by atoms with Crippen LogP contribution in [0, 0.1) is 0 Å². The van der Waals surface area contributed by atoms with Crippen LogP contribution in [0.3, 0.4) is 0 Å². The van der Waals surface area contributed by atoms with E-state index in [1.54, 1.807) is 6.20 Å². The Balaban J connectivity index is 3.86. The van der Waals surface area contributed by atoms with Crippen LogP contribution in [0.15, 0.2) is 36.7 Å². The molecular formula is C9H15N. The topological polar surface area (TPSA) is 3.24 Å². The molecule has 0 N–H and O–H groups in total. The van der Waals surface area contributed by atoms with Crippen molar-refractivity contribution in [2.75, 3.05) is 7.05 Å². The van der Waals surface area contributed by atoms with Crippen molar-refractivity contribution in [1.82, 2.24) is 4.90 Å². The highest BCUT2D eigenvalue weighted by atomic mass is 15.0. The van der Waals surface area contributed by atoms with Gasteiger partial charge in [-0.05, 0) is 26.1 Å². The minimum atomic E-state index is 1.26. The van der Waals surface area contributed by atoms with Crippen LogP contribution in [0.5, 0.6) is 0 Å². The molecule has 0 radical (unpaired) electrons. The molecule has 0 aliphatic heterocycles. The van der Waals surface area contributed by atoms with Crippen LogP contribution in [-0.2, 0) is 0 Å². The minimum Gasteiger partial charge on any atom is -0.358 e. The van der Waals surface area contributed by atoms with Gasteiger partial charge in [0, 0.05) is 13.2 Å². The van der Waals surface area contributed by atoms with Crippen LogP contribution >= 0.6 is 0 Å². The Morgan fingerprint density at radius 1 is 1.50 bits per heavy atom. The molecule has 0 aromatic heterocycles. The first-order valence-electron chi connectivity index (χ1n) is 3.36. The van der Waals surface area contributed by atoms with Gasteiger partial charge in [-0.15, -0.1) is 0 Å². The van der Waals surface area contributed by atoms with Crippen molar-refractivity contribution in [2.24, 2.45) is 0 Å². The van der Waals surface area contributed by atoms with Crippen molar-refractivity contribution in [3.63, 3.8) is 0 Å². The molecule has 0 aliphatic rings. The third-order valence-corrected chi connectivity index (χ3v) is 1.32. The zero-order chi connectivity index (χ0) is 7.98. The molecule has 0 fully saturated rings. The summed E-state index contributed by atoms with van der Waals surface area (Å²) in [7, 11) is 1.95. The van der Waals surface area contributed by atoms with Crippen molar-refractivity contribution in [3.05, 3.63) is 36.7 Å². The second kappa shape index (κ2) is 4.86. The first-order valence-corrected chi connectivity index (χ1v) is 3.36. The number of allylic oxidation sites excluding steroid dienone is 3. The largest absolute Gasteiger partial charge is 0.358 e. The van der Waals surface area contributed by atoms with Gasteiger partial charge in [-0.1, -0.05) is 18.2 Å². The van der Waals surface area contributed by atoms with E-state index in [4.69, 9.17) is 0 Å². The molecule has 0 unspecified atom stereocenters. The molecule has 0 aromatic rings. The molecule has 0 atom stereocenters. The van der Waals surface area contributed by atoms with Crippen molar-refractivity contribution < 1.29 is 0 Å². The van der Waals surface area contributed by atoms with Crippen molar-refractivity contribution in [2.45, 2.75) is 13.8 Å².